The predicted molar refractivity (Wildman–Crippen MR) is 73.4 cm³/mol. The molecule has 3 N–H and O–H groups in total. The Morgan fingerprint density at radius 2 is 1.65 bits per heavy atom. The number of sulfonamides is 1. The van der Waals surface area contributed by atoms with E-state index in [0.29, 0.717) is 6.54 Å². The number of hydrogen-bond acceptors (Lipinski definition) is 3. The molecule has 0 saturated carbocycles. The zero-order chi connectivity index (χ0) is 13.3. The average Bonchev–Trinajstić information content (AvgIpc) is 2.26. The van der Waals surface area contributed by atoms with Gasteiger partial charge in [-0.25, -0.2) is 13.1 Å². The van der Waals surface area contributed by atoms with Crippen LogP contribution in [0.2, 0.25) is 0 Å². The second kappa shape index (κ2) is 8.89. The van der Waals surface area contributed by atoms with E-state index in [0.717, 1.165) is 18.8 Å². The first-order valence-corrected chi connectivity index (χ1v) is 8.13. The fraction of sp³-hybridized carbons (Fsp3) is 1.00. The van der Waals surface area contributed by atoms with Gasteiger partial charge in [0.2, 0.25) is 10.0 Å². The first-order valence-electron chi connectivity index (χ1n) is 6.58. The van der Waals surface area contributed by atoms with E-state index in [2.05, 4.69) is 18.6 Å². The van der Waals surface area contributed by atoms with Crippen molar-refractivity contribution in [2.45, 2.75) is 58.1 Å². The molecule has 0 radical (unpaired) electrons. The SMILES string of the molecule is CC(C)CCCCCCNS(=O)(=O)C(C)CN. The van der Waals surface area contributed by atoms with E-state index in [4.69, 9.17) is 5.73 Å². The van der Waals surface area contributed by atoms with Gasteiger partial charge in [-0.2, -0.15) is 0 Å². The van der Waals surface area contributed by atoms with Crippen LogP contribution in [0.3, 0.4) is 0 Å². The maximum Gasteiger partial charge on any atom is 0.215 e. The van der Waals surface area contributed by atoms with Gasteiger partial charge in [-0.3, -0.25) is 0 Å². The number of unbranched alkanes of at least 4 members (excludes halogenated alkanes) is 3. The summed E-state index contributed by atoms with van der Waals surface area (Å²) in [5.41, 5.74) is 5.34. The molecular formula is C12H28N2O2S. The maximum absolute atomic E-state index is 11.5. The molecule has 104 valence electrons. The van der Waals surface area contributed by atoms with Gasteiger partial charge in [0, 0.05) is 13.1 Å². The fourth-order valence-corrected chi connectivity index (χ4v) is 2.48. The zero-order valence-corrected chi connectivity index (χ0v) is 12.2. The van der Waals surface area contributed by atoms with Crippen molar-refractivity contribution in [3.8, 4) is 0 Å². The predicted octanol–water partition coefficient (Wildman–Crippen LogP) is 1.86. The monoisotopic (exact) mass is 264 g/mol. The minimum atomic E-state index is -3.19. The molecule has 0 aliphatic carbocycles. The normalized spacial score (nSPS) is 14.2. The molecule has 0 saturated heterocycles. The highest BCUT2D eigenvalue weighted by atomic mass is 32.2. The Balaban J connectivity index is 3.52. The Bertz CT molecular complexity index is 276. The summed E-state index contributed by atoms with van der Waals surface area (Å²) >= 11 is 0. The summed E-state index contributed by atoms with van der Waals surface area (Å²) in [6.45, 7) is 6.79. The van der Waals surface area contributed by atoms with Crippen LogP contribution in [0, 0.1) is 5.92 Å². The molecule has 0 bridgehead atoms. The largest absolute Gasteiger partial charge is 0.329 e. The first kappa shape index (κ1) is 16.9. The first-order chi connectivity index (χ1) is 7.90. The van der Waals surface area contributed by atoms with Crippen LogP contribution in [0.15, 0.2) is 0 Å². The van der Waals surface area contributed by atoms with Gasteiger partial charge in [-0.15, -0.1) is 0 Å². The van der Waals surface area contributed by atoms with E-state index in [1.165, 1.54) is 19.3 Å². The van der Waals surface area contributed by atoms with E-state index >= 15 is 0 Å². The van der Waals surface area contributed by atoms with Crippen molar-refractivity contribution < 1.29 is 8.42 Å². The standard InChI is InChI=1S/C12H28N2O2S/c1-11(2)8-6-4-5-7-9-14-17(15,16)12(3)10-13/h11-12,14H,4-10,13H2,1-3H3. The van der Waals surface area contributed by atoms with E-state index in [1.54, 1.807) is 6.92 Å². The fourth-order valence-electron chi connectivity index (χ4n) is 1.51. The smallest absolute Gasteiger partial charge is 0.215 e. The quantitative estimate of drug-likeness (QED) is 0.592. The van der Waals surface area contributed by atoms with Crippen molar-refractivity contribution >= 4 is 10.0 Å². The third kappa shape index (κ3) is 8.57. The highest BCUT2D eigenvalue weighted by Gasteiger charge is 2.17. The van der Waals surface area contributed by atoms with Crippen molar-refractivity contribution in [2.75, 3.05) is 13.1 Å². The summed E-state index contributed by atoms with van der Waals surface area (Å²) in [6, 6.07) is 0. The van der Waals surface area contributed by atoms with E-state index < -0.39 is 15.3 Å². The lowest BCUT2D eigenvalue weighted by molar-refractivity contribution is 0.516. The molecule has 1 unspecified atom stereocenters. The van der Waals surface area contributed by atoms with Crippen LogP contribution in [-0.4, -0.2) is 26.8 Å². The second-order valence-electron chi connectivity index (χ2n) is 5.08. The molecule has 0 spiro atoms. The minimum absolute atomic E-state index is 0.170. The zero-order valence-electron chi connectivity index (χ0n) is 11.4. The molecule has 0 aliphatic rings. The summed E-state index contributed by atoms with van der Waals surface area (Å²) in [7, 11) is -3.19. The number of nitrogens with two attached hydrogens (primary N) is 1. The van der Waals surface area contributed by atoms with Crippen LogP contribution >= 0.6 is 0 Å². The molecule has 0 aromatic heterocycles. The summed E-state index contributed by atoms with van der Waals surface area (Å²) in [5, 5.41) is -0.497. The number of nitrogens with one attached hydrogen (secondary N) is 1. The van der Waals surface area contributed by atoms with Crippen molar-refractivity contribution in [1.29, 1.82) is 0 Å². The molecule has 0 fully saturated rings. The van der Waals surface area contributed by atoms with Gasteiger partial charge >= 0.3 is 0 Å². The van der Waals surface area contributed by atoms with Crippen molar-refractivity contribution in [3.05, 3.63) is 0 Å². The lowest BCUT2D eigenvalue weighted by Gasteiger charge is -2.11. The summed E-state index contributed by atoms with van der Waals surface area (Å²) in [5.74, 6) is 0.763. The minimum Gasteiger partial charge on any atom is -0.329 e. The van der Waals surface area contributed by atoms with Gasteiger partial charge in [0.15, 0.2) is 0 Å². The van der Waals surface area contributed by atoms with Gasteiger partial charge in [0.05, 0.1) is 5.25 Å². The molecule has 1 atom stereocenters. The molecule has 17 heavy (non-hydrogen) atoms. The molecule has 5 heteroatoms. The molecule has 4 nitrogen and oxygen atoms in total. The summed E-state index contributed by atoms with van der Waals surface area (Å²) in [6.07, 6.45) is 5.69. The van der Waals surface area contributed by atoms with E-state index in [9.17, 15) is 8.42 Å². The molecule has 0 aromatic rings. The van der Waals surface area contributed by atoms with Gasteiger partial charge < -0.3 is 5.73 Å². The van der Waals surface area contributed by atoms with Crippen LogP contribution in [0.1, 0.15) is 52.9 Å². The van der Waals surface area contributed by atoms with Crippen LogP contribution in [0.25, 0.3) is 0 Å². The topological polar surface area (TPSA) is 72.2 Å². The van der Waals surface area contributed by atoms with Crippen molar-refractivity contribution in [2.24, 2.45) is 11.7 Å². The lowest BCUT2D eigenvalue weighted by atomic mass is 10.0. The second-order valence-corrected chi connectivity index (χ2v) is 7.27. The van der Waals surface area contributed by atoms with Crippen LogP contribution in [-0.2, 0) is 10.0 Å². The third-order valence-corrected chi connectivity index (χ3v) is 4.73. The maximum atomic E-state index is 11.5. The number of hydrogen-bond donors (Lipinski definition) is 2. The van der Waals surface area contributed by atoms with Gasteiger partial charge in [0.1, 0.15) is 0 Å². The van der Waals surface area contributed by atoms with Crippen molar-refractivity contribution in [3.63, 3.8) is 0 Å². The van der Waals surface area contributed by atoms with Gasteiger partial charge in [-0.1, -0.05) is 39.5 Å². The number of rotatable bonds is 10. The Morgan fingerprint density at radius 1 is 1.06 bits per heavy atom. The lowest BCUT2D eigenvalue weighted by Crippen LogP contribution is -2.37. The molecule has 0 amide bonds. The highest BCUT2D eigenvalue weighted by Crippen LogP contribution is 2.09. The molecule has 0 aliphatic heterocycles. The average molecular weight is 264 g/mol. The third-order valence-electron chi connectivity index (χ3n) is 2.87. The molecule has 0 heterocycles. The van der Waals surface area contributed by atoms with Crippen LogP contribution < -0.4 is 10.5 Å². The van der Waals surface area contributed by atoms with Crippen LogP contribution in [0.5, 0.6) is 0 Å². The molecule has 0 rings (SSSR count). The van der Waals surface area contributed by atoms with Gasteiger partial charge in [-0.05, 0) is 19.3 Å². The summed E-state index contributed by atoms with van der Waals surface area (Å²) in [4.78, 5) is 0. The Kier molecular flexibility index (Phi) is 8.82. The molecule has 0 aromatic carbocycles. The molecular weight excluding hydrogens is 236 g/mol. The van der Waals surface area contributed by atoms with Crippen LogP contribution in [0.4, 0.5) is 0 Å². The Hall–Kier alpha value is -0.130. The Labute approximate surface area is 106 Å². The van der Waals surface area contributed by atoms with E-state index in [-0.39, 0.29) is 6.54 Å². The van der Waals surface area contributed by atoms with Crippen molar-refractivity contribution in [1.82, 2.24) is 4.72 Å². The summed E-state index contributed by atoms with van der Waals surface area (Å²) < 4.78 is 25.7. The van der Waals surface area contributed by atoms with Gasteiger partial charge in [0.25, 0.3) is 0 Å². The highest BCUT2D eigenvalue weighted by molar-refractivity contribution is 7.90. The van der Waals surface area contributed by atoms with E-state index in [1.807, 2.05) is 0 Å². The Morgan fingerprint density at radius 3 is 2.18 bits per heavy atom.